The molecule has 20 heavy (non-hydrogen) atoms. The van der Waals surface area contributed by atoms with Crippen molar-refractivity contribution in [2.24, 2.45) is 0 Å². The second kappa shape index (κ2) is 6.90. The third kappa shape index (κ3) is 3.53. The molecule has 1 nitrogen and oxygen atoms in total. The van der Waals surface area contributed by atoms with Gasteiger partial charge < -0.3 is 5.32 Å². The van der Waals surface area contributed by atoms with E-state index in [9.17, 15) is 4.39 Å². The number of nitrogens with one attached hydrogen (secondary N) is 1. The van der Waals surface area contributed by atoms with Crippen molar-refractivity contribution in [2.45, 2.75) is 13.0 Å². The quantitative estimate of drug-likeness (QED) is 0.732. The molecule has 0 aliphatic rings. The van der Waals surface area contributed by atoms with Gasteiger partial charge in [0.15, 0.2) is 0 Å². The van der Waals surface area contributed by atoms with Crippen LogP contribution in [0.1, 0.15) is 24.1 Å². The SMILES string of the molecule is CCNC(c1ccc(Br)cc1Cl)c1cc(F)ccc1Cl. The van der Waals surface area contributed by atoms with E-state index in [2.05, 4.69) is 21.2 Å². The summed E-state index contributed by atoms with van der Waals surface area (Å²) in [5.74, 6) is -0.319. The fourth-order valence-electron chi connectivity index (χ4n) is 2.06. The van der Waals surface area contributed by atoms with Crippen molar-refractivity contribution >= 4 is 39.1 Å². The topological polar surface area (TPSA) is 12.0 Å². The Balaban J connectivity index is 2.53. The molecule has 1 atom stereocenters. The Bertz CT molecular complexity index is 619. The molecule has 1 unspecified atom stereocenters. The highest BCUT2D eigenvalue weighted by Gasteiger charge is 2.19. The van der Waals surface area contributed by atoms with Gasteiger partial charge in [-0.15, -0.1) is 0 Å². The third-order valence-corrected chi connectivity index (χ3v) is 4.12. The molecule has 0 saturated heterocycles. The molecule has 1 N–H and O–H groups in total. The molecular formula is C15H13BrCl2FN. The highest BCUT2D eigenvalue weighted by Crippen LogP contribution is 2.34. The van der Waals surface area contributed by atoms with Gasteiger partial charge in [-0.25, -0.2) is 4.39 Å². The first-order valence-electron chi connectivity index (χ1n) is 6.16. The van der Waals surface area contributed by atoms with Crippen LogP contribution in [0.4, 0.5) is 4.39 Å². The second-order valence-corrected chi connectivity index (χ2v) is 6.05. The summed E-state index contributed by atoms with van der Waals surface area (Å²) in [6.45, 7) is 2.69. The van der Waals surface area contributed by atoms with E-state index in [-0.39, 0.29) is 11.9 Å². The van der Waals surface area contributed by atoms with Crippen molar-refractivity contribution < 1.29 is 4.39 Å². The molecule has 0 heterocycles. The van der Waals surface area contributed by atoms with Crippen LogP contribution in [0.25, 0.3) is 0 Å². The van der Waals surface area contributed by atoms with Gasteiger partial charge in [0.05, 0.1) is 6.04 Å². The van der Waals surface area contributed by atoms with Crippen LogP contribution in [0.3, 0.4) is 0 Å². The van der Waals surface area contributed by atoms with E-state index in [1.165, 1.54) is 12.1 Å². The lowest BCUT2D eigenvalue weighted by molar-refractivity contribution is 0.603. The predicted octanol–water partition coefficient (Wildman–Crippen LogP) is 5.59. The Labute approximate surface area is 136 Å². The Morgan fingerprint density at radius 2 is 1.85 bits per heavy atom. The molecule has 0 radical (unpaired) electrons. The van der Waals surface area contributed by atoms with E-state index in [0.717, 1.165) is 10.0 Å². The molecule has 0 spiro atoms. The maximum atomic E-state index is 13.5. The molecule has 0 fully saturated rings. The molecule has 2 rings (SSSR count). The minimum atomic E-state index is -0.319. The van der Waals surface area contributed by atoms with E-state index in [0.29, 0.717) is 22.2 Å². The minimum Gasteiger partial charge on any atom is -0.306 e. The van der Waals surface area contributed by atoms with Gasteiger partial charge in [-0.3, -0.25) is 0 Å². The van der Waals surface area contributed by atoms with Gasteiger partial charge >= 0.3 is 0 Å². The largest absolute Gasteiger partial charge is 0.306 e. The number of rotatable bonds is 4. The molecule has 106 valence electrons. The van der Waals surface area contributed by atoms with Gasteiger partial charge in [-0.1, -0.05) is 52.1 Å². The van der Waals surface area contributed by atoms with Crippen molar-refractivity contribution in [3.05, 3.63) is 67.9 Å². The lowest BCUT2D eigenvalue weighted by Crippen LogP contribution is -2.22. The minimum absolute atomic E-state index is 0.246. The maximum Gasteiger partial charge on any atom is 0.123 e. The van der Waals surface area contributed by atoms with Crippen LogP contribution in [0.15, 0.2) is 40.9 Å². The first-order valence-corrected chi connectivity index (χ1v) is 7.71. The van der Waals surface area contributed by atoms with Crippen molar-refractivity contribution in [3.8, 4) is 0 Å². The summed E-state index contributed by atoms with van der Waals surface area (Å²) in [6, 6.07) is 9.72. The zero-order chi connectivity index (χ0) is 14.7. The summed E-state index contributed by atoms with van der Waals surface area (Å²) in [5.41, 5.74) is 1.54. The summed E-state index contributed by atoms with van der Waals surface area (Å²) in [7, 11) is 0. The maximum absolute atomic E-state index is 13.5. The average Bonchev–Trinajstić information content (AvgIpc) is 2.40. The van der Waals surface area contributed by atoms with E-state index < -0.39 is 0 Å². The highest BCUT2D eigenvalue weighted by atomic mass is 79.9. The van der Waals surface area contributed by atoms with Crippen molar-refractivity contribution in [2.75, 3.05) is 6.54 Å². The molecule has 2 aromatic carbocycles. The Kier molecular flexibility index (Phi) is 5.44. The number of hydrogen-bond acceptors (Lipinski definition) is 1. The lowest BCUT2D eigenvalue weighted by atomic mass is 9.98. The molecule has 0 amide bonds. The third-order valence-electron chi connectivity index (χ3n) is 2.95. The number of benzene rings is 2. The van der Waals surface area contributed by atoms with Gasteiger partial charge in [-0.05, 0) is 48.0 Å². The van der Waals surface area contributed by atoms with Crippen LogP contribution < -0.4 is 5.32 Å². The molecule has 2 aromatic rings. The van der Waals surface area contributed by atoms with Gasteiger partial charge in [-0.2, -0.15) is 0 Å². The monoisotopic (exact) mass is 375 g/mol. The summed E-state index contributed by atoms with van der Waals surface area (Å²) in [4.78, 5) is 0. The first kappa shape index (κ1) is 15.8. The van der Waals surface area contributed by atoms with Crippen molar-refractivity contribution in [1.82, 2.24) is 5.32 Å². The average molecular weight is 377 g/mol. The highest BCUT2D eigenvalue weighted by molar-refractivity contribution is 9.10. The molecule has 0 aromatic heterocycles. The molecule has 0 aliphatic carbocycles. The van der Waals surface area contributed by atoms with Crippen LogP contribution in [-0.2, 0) is 0 Å². The van der Waals surface area contributed by atoms with E-state index in [1.807, 2.05) is 25.1 Å². The summed E-state index contributed by atoms with van der Waals surface area (Å²) < 4.78 is 14.4. The molecule has 0 bridgehead atoms. The number of halogens is 4. The van der Waals surface area contributed by atoms with Crippen LogP contribution >= 0.6 is 39.1 Å². The van der Waals surface area contributed by atoms with Crippen molar-refractivity contribution in [3.63, 3.8) is 0 Å². The van der Waals surface area contributed by atoms with E-state index in [4.69, 9.17) is 23.2 Å². The normalized spacial score (nSPS) is 12.4. The summed E-state index contributed by atoms with van der Waals surface area (Å²) in [6.07, 6.45) is 0. The first-order chi connectivity index (χ1) is 9.52. The van der Waals surface area contributed by atoms with Crippen LogP contribution in [0.5, 0.6) is 0 Å². The molecular weight excluding hydrogens is 364 g/mol. The second-order valence-electron chi connectivity index (χ2n) is 4.32. The van der Waals surface area contributed by atoms with E-state index in [1.54, 1.807) is 6.07 Å². The Morgan fingerprint density at radius 3 is 2.50 bits per heavy atom. The zero-order valence-electron chi connectivity index (χ0n) is 10.8. The predicted molar refractivity (Wildman–Crippen MR) is 86.1 cm³/mol. The Morgan fingerprint density at radius 1 is 1.10 bits per heavy atom. The zero-order valence-corrected chi connectivity index (χ0v) is 13.9. The van der Waals surface area contributed by atoms with Crippen molar-refractivity contribution in [1.29, 1.82) is 0 Å². The fraction of sp³-hybridized carbons (Fsp3) is 0.200. The summed E-state index contributed by atoms with van der Waals surface area (Å²) in [5, 5.41) is 4.41. The fourth-order valence-corrected chi connectivity index (χ4v) is 3.07. The van der Waals surface area contributed by atoms with E-state index >= 15 is 0 Å². The van der Waals surface area contributed by atoms with Gasteiger partial charge in [0.2, 0.25) is 0 Å². The number of hydrogen-bond donors (Lipinski definition) is 1. The summed E-state index contributed by atoms with van der Waals surface area (Å²) >= 11 is 15.9. The lowest BCUT2D eigenvalue weighted by Gasteiger charge is -2.21. The van der Waals surface area contributed by atoms with Gasteiger partial charge in [0.1, 0.15) is 5.82 Å². The van der Waals surface area contributed by atoms with Gasteiger partial charge in [0.25, 0.3) is 0 Å². The molecule has 5 heteroatoms. The van der Waals surface area contributed by atoms with Crippen LogP contribution in [0.2, 0.25) is 10.0 Å². The molecule has 0 aliphatic heterocycles. The Hall–Kier alpha value is -0.610. The standard InChI is InChI=1S/C15H13BrCl2FN/c1-2-20-15(11-5-3-9(16)7-14(11)18)12-8-10(19)4-6-13(12)17/h3-8,15,20H,2H2,1H3. The van der Waals surface area contributed by atoms with Crippen LogP contribution in [0, 0.1) is 5.82 Å². The van der Waals surface area contributed by atoms with Gasteiger partial charge in [0, 0.05) is 14.5 Å². The van der Waals surface area contributed by atoms with Crippen LogP contribution in [-0.4, -0.2) is 6.54 Å². The smallest absolute Gasteiger partial charge is 0.123 e. The molecule has 0 saturated carbocycles.